The largest absolute Gasteiger partial charge is 0.414 e. The summed E-state index contributed by atoms with van der Waals surface area (Å²) in [6, 6.07) is 0. The lowest BCUT2D eigenvalue weighted by atomic mass is 10.1. The van der Waals surface area contributed by atoms with Crippen LogP contribution in [0.15, 0.2) is 4.52 Å². The molecule has 0 saturated carbocycles. The second kappa shape index (κ2) is 5.13. The summed E-state index contributed by atoms with van der Waals surface area (Å²) in [5, 5.41) is 12.5. The molecular weight excluding hydrogens is 251 g/mol. The molecule has 1 atom stereocenters. The Balaban J connectivity index is 1.97. The number of aliphatic hydroxyl groups is 1. The van der Waals surface area contributed by atoms with Crippen LogP contribution in [0.2, 0.25) is 0 Å². The summed E-state index contributed by atoms with van der Waals surface area (Å²) in [5.41, 5.74) is 0. The normalized spacial score (nSPS) is 19.0. The van der Waals surface area contributed by atoms with Crippen molar-refractivity contribution in [3.63, 3.8) is 0 Å². The second-order valence-corrected chi connectivity index (χ2v) is 4.30. The number of hydrogen-bond donors (Lipinski definition) is 1. The van der Waals surface area contributed by atoms with Crippen LogP contribution >= 0.6 is 0 Å². The summed E-state index contributed by atoms with van der Waals surface area (Å²) in [6.45, 7) is 1.56. The van der Waals surface area contributed by atoms with Crippen molar-refractivity contribution in [2.24, 2.45) is 0 Å². The summed E-state index contributed by atoms with van der Waals surface area (Å²) < 4.78 is 41.2. The van der Waals surface area contributed by atoms with Crippen LogP contribution in [0.1, 0.15) is 25.2 Å². The smallest absolute Gasteiger partial charge is 0.383 e. The van der Waals surface area contributed by atoms with Crippen LogP contribution in [0.4, 0.5) is 19.1 Å². The highest BCUT2D eigenvalue weighted by molar-refractivity contribution is 5.28. The van der Waals surface area contributed by atoms with Gasteiger partial charge >= 0.3 is 6.18 Å². The van der Waals surface area contributed by atoms with Gasteiger partial charge < -0.3 is 14.5 Å². The highest BCUT2D eigenvalue weighted by Crippen LogP contribution is 2.23. The van der Waals surface area contributed by atoms with E-state index >= 15 is 0 Å². The molecule has 0 bridgehead atoms. The van der Waals surface area contributed by atoms with Gasteiger partial charge in [-0.3, -0.25) is 0 Å². The zero-order valence-corrected chi connectivity index (χ0v) is 9.65. The van der Waals surface area contributed by atoms with Gasteiger partial charge in [-0.2, -0.15) is 18.2 Å². The lowest BCUT2D eigenvalue weighted by molar-refractivity contribution is -0.204. The highest BCUT2D eigenvalue weighted by atomic mass is 19.4. The van der Waals surface area contributed by atoms with E-state index in [9.17, 15) is 13.2 Å². The molecule has 1 aliphatic heterocycles. The minimum Gasteiger partial charge on any atom is -0.383 e. The summed E-state index contributed by atoms with van der Waals surface area (Å²) in [4.78, 5) is 5.75. The quantitative estimate of drug-likeness (QED) is 0.897. The Labute approximate surface area is 102 Å². The minimum absolute atomic E-state index is 0.194. The van der Waals surface area contributed by atoms with E-state index in [1.807, 2.05) is 4.90 Å². The molecule has 1 aliphatic rings. The molecule has 0 aliphatic carbocycles. The van der Waals surface area contributed by atoms with Gasteiger partial charge in [0.2, 0.25) is 5.89 Å². The van der Waals surface area contributed by atoms with Gasteiger partial charge in [-0.15, -0.1) is 0 Å². The third kappa shape index (κ3) is 3.12. The van der Waals surface area contributed by atoms with Crippen LogP contribution in [0.3, 0.4) is 0 Å². The fraction of sp³-hybridized carbons (Fsp3) is 0.800. The Morgan fingerprint density at radius 3 is 2.56 bits per heavy atom. The average molecular weight is 265 g/mol. The van der Waals surface area contributed by atoms with Crippen molar-refractivity contribution < 1.29 is 22.8 Å². The Bertz CT molecular complexity index is 388. The molecule has 2 heterocycles. The molecule has 0 aromatic carbocycles. The van der Waals surface area contributed by atoms with E-state index in [-0.39, 0.29) is 5.89 Å². The molecule has 1 N–H and O–H groups in total. The lowest BCUT2D eigenvalue weighted by Gasteiger charge is -2.24. The molecule has 0 amide bonds. The first-order valence-corrected chi connectivity index (χ1v) is 5.79. The van der Waals surface area contributed by atoms with Crippen LogP contribution < -0.4 is 4.90 Å². The minimum atomic E-state index is -4.67. The molecule has 8 heteroatoms. The Hall–Kier alpha value is -1.31. The van der Waals surface area contributed by atoms with Gasteiger partial charge in [-0.25, -0.2) is 0 Å². The molecule has 1 aromatic heterocycles. The number of aliphatic hydroxyl groups excluding tert-OH is 1. The van der Waals surface area contributed by atoms with E-state index < -0.39 is 18.7 Å². The van der Waals surface area contributed by atoms with E-state index in [1.54, 1.807) is 0 Å². The van der Waals surface area contributed by atoms with Gasteiger partial charge in [-0.1, -0.05) is 0 Å². The zero-order chi connectivity index (χ0) is 13.2. The molecular formula is C10H14F3N3O2. The average Bonchev–Trinajstić information content (AvgIpc) is 2.77. The van der Waals surface area contributed by atoms with Crippen molar-refractivity contribution in [2.75, 3.05) is 18.0 Å². The van der Waals surface area contributed by atoms with Gasteiger partial charge in [0, 0.05) is 13.1 Å². The fourth-order valence-corrected chi connectivity index (χ4v) is 1.83. The number of anilines is 1. The van der Waals surface area contributed by atoms with Crippen molar-refractivity contribution in [2.45, 2.75) is 38.0 Å². The molecule has 1 unspecified atom stereocenters. The van der Waals surface area contributed by atoms with Crippen molar-refractivity contribution >= 4 is 5.95 Å². The fourth-order valence-electron chi connectivity index (χ4n) is 1.83. The molecule has 2 rings (SSSR count). The molecule has 1 saturated heterocycles. The van der Waals surface area contributed by atoms with Crippen molar-refractivity contribution in [1.82, 2.24) is 10.1 Å². The maximum absolute atomic E-state index is 12.1. The number of hydrogen-bond acceptors (Lipinski definition) is 5. The molecule has 1 aromatic rings. The van der Waals surface area contributed by atoms with Crippen LogP contribution in [0.5, 0.6) is 0 Å². The van der Waals surface area contributed by atoms with Gasteiger partial charge in [0.1, 0.15) is 0 Å². The van der Waals surface area contributed by atoms with Gasteiger partial charge in [0.25, 0.3) is 5.95 Å². The SMILES string of the molecule is OC(Cc1nc(N2CCCCC2)no1)C(F)(F)F. The second-order valence-electron chi connectivity index (χ2n) is 4.30. The molecule has 1 fully saturated rings. The predicted octanol–water partition coefficient (Wildman–Crippen LogP) is 1.53. The summed E-state index contributed by atoms with van der Waals surface area (Å²) in [7, 11) is 0. The van der Waals surface area contributed by atoms with E-state index in [0.29, 0.717) is 5.95 Å². The first kappa shape index (κ1) is 13.1. The maximum Gasteiger partial charge on any atom is 0.414 e. The zero-order valence-electron chi connectivity index (χ0n) is 9.65. The van der Waals surface area contributed by atoms with Gasteiger partial charge in [-0.05, 0) is 24.4 Å². The molecule has 0 spiro atoms. The maximum atomic E-state index is 12.1. The highest BCUT2D eigenvalue weighted by Gasteiger charge is 2.39. The summed E-state index contributed by atoms with van der Waals surface area (Å²) >= 11 is 0. The van der Waals surface area contributed by atoms with Crippen molar-refractivity contribution in [3.8, 4) is 0 Å². The number of nitrogens with zero attached hydrogens (tertiary/aromatic N) is 3. The Morgan fingerprint density at radius 2 is 1.94 bits per heavy atom. The van der Waals surface area contributed by atoms with Gasteiger partial charge in [0.05, 0.1) is 6.42 Å². The monoisotopic (exact) mass is 265 g/mol. The molecule has 0 radical (unpaired) electrons. The predicted molar refractivity (Wildman–Crippen MR) is 56.1 cm³/mol. The number of aromatic nitrogens is 2. The number of alkyl halides is 3. The molecule has 5 nitrogen and oxygen atoms in total. The number of piperidine rings is 1. The number of halogens is 3. The van der Waals surface area contributed by atoms with Crippen molar-refractivity contribution in [1.29, 1.82) is 0 Å². The van der Waals surface area contributed by atoms with E-state index in [1.165, 1.54) is 0 Å². The third-order valence-corrected chi connectivity index (χ3v) is 2.84. The van der Waals surface area contributed by atoms with Crippen LogP contribution in [-0.2, 0) is 6.42 Å². The standard InChI is InChI=1S/C10H14F3N3O2/c11-10(12,13)7(17)6-8-14-9(15-18-8)16-4-2-1-3-5-16/h7,17H,1-6H2. The number of rotatable bonds is 3. The topological polar surface area (TPSA) is 62.4 Å². The lowest BCUT2D eigenvalue weighted by Crippen LogP contribution is -2.31. The molecule has 102 valence electrons. The van der Waals surface area contributed by atoms with Crippen LogP contribution in [0, 0.1) is 0 Å². The Kier molecular flexibility index (Phi) is 3.74. The first-order valence-electron chi connectivity index (χ1n) is 5.79. The van der Waals surface area contributed by atoms with Crippen molar-refractivity contribution in [3.05, 3.63) is 5.89 Å². The Morgan fingerprint density at radius 1 is 1.28 bits per heavy atom. The van der Waals surface area contributed by atoms with Crippen LogP contribution in [0.25, 0.3) is 0 Å². The van der Waals surface area contributed by atoms with Gasteiger partial charge in [0.15, 0.2) is 6.10 Å². The van der Waals surface area contributed by atoms with E-state index in [0.717, 1.165) is 32.4 Å². The summed E-state index contributed by atoms with van der Waals surface area (Å²) in [5.74, 6) is 0.111. The first-order chi connectivity index (χ1) is 8.47. The van der Waals surface area contributed by atoms with E-state index in [4.69, 9.17) is 9.63 Å². The van der Waals surface area contributed by atoms with Crippen LogP contribution in [-0.4, -0.2) is 40.6 Å². The molecule has 18 heavy (non-hydrogen) atoms. The van der Waals surface area contributed by atoms with E-state index in [2.05, 4.69) is 10.1 Å². The third-order valence-electron chi connectivity index (χ3n) is 2.84. The summed E-state index contributed by atoms with van der Waals surface area (Å²) in [6.07, 6.45) is -4.69.